The Balaban J connectivity index is 1.99. The van der Waals surface area contributed by atoms with Crippen LogP contribution in [0.1, 0.15) is 5.56 Å². The minimum atomic E-state index is -0.277. The number of Topliss-reactive ketones (excluding diaryl/α,β-unsaturated/α-hetero) is 1. The maximum Gasteiger partial charge on any atom is 0.167 e. The molecular formula is C13H16BrNO2. The Kier molecular flexibility index (Phi) is 4.31. The van der Waals surface area contributed by atoms with Crippen LogP contribution in [0.5, 0.6) is 0 Å². The molecule has 0 aliphatic carbocycles. The molecule has 17 heavy (non-hydrogen) atoms. The topological polar surface area (TPSA) is 29.5 Å². The summed E-state index contributed by atoms with van der Waals surface area (Å²) in [6.45, 7) is 2.24. The predicted molar refractivity (Wildman–Crippen MR) is 70.1 cm³/mol. The molecule has 0 aromatic heterocycles. The molecule has 0 N–H and O–H groups in total. The van der Waals surface area contributed by atoms with E-state index < -0.39 is 0 Å². The first kappa shape index (κ1) is 12.7. The summed E-state index contributed by atoms with van der Waals surface area (Å²) in [5.41, 5.74) is 1.02. The molecule has 0 bridgehead atoms. The molecule has 2 rings (SSSR count). The summed E-state index contributed by atoms with van der Waals surface area (Å²) in [6.07, 6.45) is 0.154. The molecule has 1 aromatic rings. The molecule has 1 heterocycles. The van der Waals surface area contributed by atoms with Gasteiger partial charge in [0.15, 0.2) is 5.78 Å². The van der Waals surface area contributed by atoms with Crippen LogP contribution in [-0.2, 0) is 16.0 Å². The van der Waals surface area contributed by atoms with Crippen molar-refractivity contribution >= 4 is 21.7 Å². The van der Waals surface area contributed by atoms with Crippen LogP contribution in [0.15, 0.2) is 28.7 Å². The molecule has 3 nitrogen and oxygen atoms in total. The summed E-state index contributed by atoms with van der Waals surface area (Å²) >= 11 is 3.46. The van der Waals surface area contributed by atoms with E-state index in [0.29, 0.717) is 19.6 Å². The van der Waals surface area contributed by atoms with Gasteiger partial charge in [0, 0.05) is 24.0 Å². The van der Waals surface area contributed by atoms with Crippen LogP contribution in [0.2, 0.25) is 0 Å². The van der Waals surface area contributed by atoms with Crippen molar-refractivity contribution in [1.82, 2.24) is 4.90 Å². The first-order valence-electron chi connectivity index (χ1n) is 5.73. The lowest BCUT2D eigenvalue weighted by atomic mass is 10.0. The number of benzene rings is 1. The highest BCUT2D eigenvalue weighted by Crippen LogP contribution is 2.18. The van der Waals surface area contributed by atoms with Crippen LogP contribution < -0.4 is 0 Å². The molecule has 0 spiro atoms. The minimum absolute atomic E-state index is 0.156. The second kappa shape index (κ2) is 5.76. The van der Waals surface area contributed by atoms with Crippen molar-refractivity contribution in [3.8, 4) is 0 Å². The van der Waals surface area contributed by atoms with Crippen LogP contribution >= 0.6 is 15.9 Å². The maximum absolute atomic E-state index is 12.1. The van der Waals surface area contributed by atoms with Crippen molar-refractivity contribution in [3.63, 3.8) is 0 Å². The minimum Gasteiger partial charge on any atom is -0.368 e. The SMILES string of the molecule is CN1CCOC(C(=O)Cc2ccccc2Br)C1. The Hall–Kier alpha value is -0.710. The molecule has 1 aliphatic heterocycles. The second-order valence-electron chi connectivity index (χ2n) is 4.36. The van der Waals surface area contributed by atoms with E-state index in [1.54, 1.807) is 0 Å². The smallest absolute Gasteiger partial charge is 0.167 e. The second-order valence-corrected chi connectivity index (χ2v) is 5.21. The summed E-state index contributed by atoms with van der Waals surface area (Å²) in [5.74, 6) is 0.156. The van der Waals surface area contributed by atoms with Crippen LogP contribution in [0.4, 0.5) is 0 Å². The third kappa shape index (κ3) is 3.37. The van der Waals surface area contributed by atoms with Gasteiger partial charge in [0.1, 0.15) is 6.10 Å². The van der Waals surface area contributed by atoms with Gasteiger partial charge in [0.25, 0.3) is 0 Å². The highest BCUT2D eigenvalue weighted by Gasteiger charge is 2.24. The van der Waals surface area contributed by atoms with Gasteiger partial charge in [-0.15, -0.1) is 0 Å². The van der Waals surface area contributed by atoms with Gasteiger partial charge in [-0.3, -0.25) is 4.79 Å². The summed E-state index contributed by atoms with van der Waals surface area (Å²) < 4.78 is 6.50. The number of hydrogen-bond donors (Lipinski definition) is 0. The zero-order valence-electron chi connectivity index (χ0n) is 9.86. The van der Waals surface area contributed by atoms with Gasteiger partial charge < -0.3 is 9.64 Å². The highest BCUT2D eigenvalue weighted by molar-refractivity contribution is 9.10. The molecule has 1 aromatic carbocycles. The lowest BCUT2D eigenvalue weighted by Crippen LogP contribution is -2.44. The molecular weight excluding hydrogens is 282 g/mol. The normalized spacial score (nSPS) is 21.4. The fraction of sp³-hybridized carbons (Fsp3) is 0.462. The average Bonchev–Trinajstić information content (AvgIpc) is 2.32. The third-order valence-electron chi connectivity index (χ3n) is 2.95. The summed E-state index contributed by atoms with van der Waals surface area (Å²) in [7, 11) is 2.02. The molecule has 1 aliphatic rings. The van der Waals surface area contributed by atoms with Crippen LogP contribution in [-0.4, -0.2) is 43.5 Å². The standard InChI is InChI=1S/C13H16BrNO2/c1-15-6-7-17-13(9-15)12(16)8-10-4-2-3-5-11(10)14/h2-5,13H,6-9H2,1H3. The fourth-order valence-corrected chi connectivity index (χ4v) is 2.34. The van der Waals surface area contributed by atoms with Gasteiger partial charge in [-0.25, -0.2) is 0 Å². The molecule has 4 heteroatoms. The lowest BCUT2D eigenvalue weighted by Gasteiger charge is -2.29. The number of morpholine rings is 1. The van der Waals surface area contributed by atoms with Crippen LogP contribution in [0, 0.1) is 0 Å². The van der Waals surface area contributed by atoms with Crippen molar-refractivity contribution in [2.45, 2.75) is 12.5 Å². The third-order valence-corrected chi connectivity index (χ3v) is 3.72. The molecule has 92 valence electrons. The van der Waals surface area contributed by atoms with E-state index in [4.69, 9.17) is 4.74 Å². The van der Waals surface area contributed by atoms with E-state index in [2.05, 4.69) is 20.8 Å². The number of rotatable bonds is 3. The van der Waals surface area contributed by atoms with Crippen molar-refractivity contribution in [2.24, 2.45) is 0 Å². The average molecular weight is 298 g/mol. The quantitative estimate of drug-likeness (QED) is 0.853. The first-order chi connectivity index (χ1) is 8.16. The number of nitrogens with zero attached hydrogens (tertiary/aromatic N) is 1. The molecule has 1 atom stereocenters. The van der Waals surface area contributed by atoms with E-state index in [0.717, 1.165) is 16.6 Å². The van der Waals surface area contributed by atoms with E-state index in [1.165, 1.54) is 0 Å². The predicted octanol–water partition coefficient (Wildman–Crippen LogP) is 1.89. The van der Waals surface area contributed by atoms with E-state index in [9.17, 15) is 4.79 Å². The summed E-state index contributed by atoms with van der Waals surface area (Å²) in [5, 5.41) is 0. The molecule has 0 radical (unpaired) electrons. The number of likely N-dealkylation sites (N-methyl/N-ethyl adjacent to an activating group) is 1. The van der Waals surface area contributed by atoms with Gasteiger partial charge in [0.2, 0.25) is 0 Å². The Morgan fingerprint density at radius 3 is 3.00 bits per heavy atom. The Labute approximate surface area is 110 Å². The molecule has 1 fully saturated rings. The van der Waals surface area contributed by atoms with E-state index >= 15 is 0 Å². The van der Waals surface area contributed by atoms with Gasteiger partial charge in [-0.2, -0.15) is 0 Å². The monoisotopic (exact) mass is 297 g/mol. The highest BCUT2D eigenvalue weighted by atomic mass is 79.9. The largest absolute Gasteiger partial charge is 0.368 e. The van der Waals surface area contributed by atoms with Gasteiger partial charge in [0.05, 0.1) is 6.61 Å². The van der Waals surface area contributed by atoms with Crippen molar-refractivity contribution < 1.29 is 9.53 Å². The number of hydrogen-bond acceptors (Lipinski definition) is 3. The van der Waals surface area contributed by atoms with Crippen LogP contribution in [0.25, 0.3) is 0 Å². The molecule has 1 unspecified atom stereocenters. The maximum atomic E-state index is 12.1. The van der Waals surface area contributed by atoms with Crippen molar-refractivity contribution in [2.75, 3.05) is 26.7 Å². The number of carbonyl (C=O) groups is 1. The van der Waals surface area contributed by atoms with Crippen molar-refractivity contribution in [1.29, 1.82) is 0 Å². The number of ketones is 1. The Morgan fingerprint density at radius 2 is 2.29 bits per heavy atom. The number of halogens is 1. The Bertz CT molecular complexity index is 408. The number of ether oxygens (including phenoxy) is 1. The fourth-order valence-electron chi connectivity index (χ4n) is 1.92. The number of carbonyl (C=O) groups excluding carboxylic acids is 1. The van der Waals surface area contributed by atoms with E-state index in [1.807, 2.05) is 31.3 Å². The molecule has 1 saturated heterocycles. The zero-order valence-corrected chi connectivity index (χ0v) is 11.4. The van der Waals surface area contributed by atoms with Crippen molar-refractivity contribution in [3.05, 3.63) is 34.3 Å². The summed E-state index contributed by atoms with van der Waals surface area (Å²) in [6, 6.07) is 7.81. The molecule has 0 amide bonds. The van der Waals surface area contributed by atoms with E-state index in [-0.39, 0.29) is 11.9 Å². The van der Waals surface area contributed by atoms with Gasteiger partial charge in [-0.05, 0) is 18.7 Å². The zero-order chi connectivity index (χ0) is 12.3. The van der Waals surface area contributed by atoms with Gasteiger partial charge in [-0.1, -0.05) is 34.1 Å². The van der Waals surface area contributed by atoms with Gasteiger partial charge >= 0.3 is 0 Å². The Morgan fingerprint density at radius 1 is 1.53 bits per heavy atom. The van der Waals surface area contributed by atoms with Crippen LogP contribution in [0.3, 0.4) is 0 Å². The first-order valence-corrected chi connectivity index (χ1v) is 6.52. The molecule has 0 saturated carbocycles. The summed E-state index contributed by atoms with van der Waals surface area (Å²) in [4.78, 5) is 14.2. The lowest BCUT2D eigenvalue weighted by molar-refractivity contribution is -0.134.